The summed E-state index contributed by atoms with van der Waals surface area (Å²) in [6, 6.07) is 8.46. The number of anilines is 1. The zero-order valence-electron chi connectivity index (χ0n) is 9.83. The van der Waals surface area contributed by atoms with Crippen molar-refractivity contribution in [2.45, 2.75) is 25.7 Å². The van der Waals surface area contributed by atoms with E-state index in [1.165, 1.54) is 29.6 Å². The fraction of sp³-hybridized carbons (Fsp3) is 0.357. The maximum absolute atomic E-state index is 4.79. The highest BCUT2D eigenvalue weighted by Gasteiger charge is 2.26. The number of nitrogens with zero attached hydrogens (tertiary/aromatic N) is 1. The monoisotopic (exact) mass is 290 g/mol. The predicted molar refractivity (Wildman–Crippen MR) is 75.6 cm³/mol. The molecule has 88 valence electrons. The number of fused-ring (bicyclic) bond motifs is 1. The lowest BCUT2D eigenvalue weighted by atomic mass is 10.1. The van der Waals surface area contributed by atoms with E-state index in [-0.39, 0.29) is 0 Å². The molecule has 1 N–H and O–H groups in total. The van der Waals surface area contributed by atoms with Gasteiger partial charge in [0.15, 0.2) is 0 Å². The first-order valence-corrected chi connectivity index (χ1v) is 6.92. The summed E-state index contributed by atoms with van der Waals surface area (Å²) in [7, 11) is 0. The summed E-state index contributed by atoms with van der Waals surface area (Å²) in [5.74, 6) is 0.684. The van der Waals surface area contributed by atoms with Crippen LogP contribution in [0.3, 0.4) is 0 Å². The van der Waals surface area contributed by atoms with Gasteiger partial charge in [0.25, 0.3) is 0 Å². The fourth-order valence-corrected chi connectivity index (χ4v) is 2.61. The lowest BCUT2D eigenvalue weighted by Crippen LogP contribution is -2.00. The number of hydrogen-bond donors (Lipinski definition) is 1. The highest BCUT2D eigenvalue weighted by atomic mass is 79.9. The van der Waals surface area contributed by atoms with Crippen molar-refractivity contribution in [3.8, 4) is 0 Å². The zero-order valence-corrected chi connectivity index (χ0v) is 11.4. The average molecular weight is 291 g/mol. The number of hydrogen-bond acceptors (Lipinski definition) is 2. The Morgan fingerprint density at radius 2 is 2.24 bits per heavy atom. The summed E-state index contributed by atoms with van der Waals surface area (Å²) in [4.78, 5) is 4.79. The number of para-hydroxylation sites is 1. The lowest BCUT2D eigenvalue weighted by molar-refractivity contribution is 1.04. The maximum Gasteiger partial charge on any atom is 0.0868 e. The van der Waals surface area contributed by atoms with Gasteiger partial charge in [-0.1, -0.05) is 12.1 Å². The van der Waals surface area contributed by atoms with E-state index in [2.05, 4.69) is 52.4 Å². The molecule has 0 spiro atoms. The van der Waals surface area contributed by atoms with Gasteiger partial charge >= 0.3 is 0 Å². The summed E-state index contributed by atoms with van der Waals surface area (Å²) in [5.41, 5.74) is 3.52. The average Bonchev–Trinajstić information content (AvgIpc) is 3.14. The maximum atomic E-state index is 4.79. The first-order valence-electron chi connectivity index (χ1n) is 6.12. The molecule has 3 rings (SSSR count). The Balaban J connectivity index is 2.23. The van der Waals surface area contributed by atoms with E-state index < -0.39 is 0 Å². The van der Waals surface area contributed by atoms with Crippen LogP contribution in [0.25, 0.3) is 10.9 Å². The summed E-state index contributed by atoms with van der Waals surface area (Å²) < 4.78 is 1.08. The minimum absolute atomic E-state index is 0.684. The second-order valence-corrected chi connectivity index (χ2v) is 5.39. The molecule has 0 radical (unpaired) electrons. The van der Waals surface area contributed by atoms with Gasteiger partial charge in [0, 0.05) is 33.7 Å². The standard InChI is InChI=1S/C14H15BrN2/c1-2-16-13-8-12(9-6-7-9)17-14-10(13)4-3-5-11(14)15/h3-5,8-9H,2,6-7H2,1H3,(H,16,17). The van der Waals surface area contributed by atoms with Crippen molar-refractivity contribution in [2.75, 3.05) is 11.9 Å². The van der Waals surface area contributed by atoms with Crippen molar-refractivity contribution in [1.29, 1.82) is 0 Å². The van der Waals surface area contributed by atoms with Crippen molar-refractivity contribution in [2.24, 2.45) is 0 Å². The number of pyridine rings is 1. The molecule has 1 saturated carbocycles. The Morgan fingerprint density at radius 1 is 1.41 bits per heavy atom. The van der Waals surface area contributed by atoms with E-state index in [9.17, 15) is 0 Å². The van der Waals surface area contributed by atoms with Crippen molar-refractivity contribution < 1.29 is 0 Å². The highest BCUT2D eigenvalue weighted by Crippen LogP contribution is 2.41. The molecule has 0 unspecified atom stereocenters. The number of nitrogens with one attached hydrogen (secondary N) is 1. The fourth-order valence-electron chi connectivity index (χ4n) is 2.16. The molecule has 1 aliphatic rings. The van der Waals surface area contributed by atoms with E-state index in [0.29, 0.717) is 5.92 Å². The first-order chi connectivity index (χ1) is 8.29. The molecule has 3 heteroatoms. The molecule has 0 aliphatic heterocycles. The van der Waals surface area contributed by atoms with Crippen LogP contribution in [-0.2, 0) is 0 Å². The molecule has 1 fully saturated rings. The predicted octanol–water partition coefficient (Wildman–Crippen LogP) is 4.31. The molecule has 0 saturated heterocycles. The van der Waals surface area contributed by atoms with Crippen molar-refractivity contribution >= 4 is 32.5 Å². The van der Waals surface area contributed by atoms with Gasteiger partial charge in [-0.05, 0) is 47.8 Å². The quantitative estimate of drug-likeness (QED) is 0.911. The molecule has 2 aromatic rings. The van der Waals surface area contributed by atoms with Crippen molar-refractivity contribution in [3.63, 3.8) is 0 Å². The van der Waals surface area contributed by atoms with Crippen LogP contribution >= 0.6 is 15.9 Å². The zero-order chi connectivity index (χ0) is 11.8. The van der Waals surface area contributed by atoms with E-state index >= 15 is 0 Å². The lowest BCUT2D eigenvalue weighted by Gasteiger charge is -2.11. The molecule has 1 aromatic carbocycles. The summed E-state index contributed by atoms with van der Waals surface area (Å²) in [6.07, 6.45) is 2.57. The Kier molecular flexibility index (Phi) is 2.79. The van der Waals surface area contributed by atoms with E-state index in [1.807, 2.05) is 0 Å². The second-order valence-electron chi connectivity index (χ2n) is 4.54. The van der Waals surface area contributed by atoms with Crippen molar-refractivity contribution in [1.82, 2.24) is 4.98 Å². The Labute approximate surface area is 110 Å². The van der Waals surface area contributed by atoms with Gasteiger partial charge in [-0.25, -0.2) is 0 Å². The van der Waals surface area contributed by atoms with Gasteiger partial charge in [0.2, 0.25) is 0 Å². The van der Waals surface area contributed by atoms with E-state index in [4.69, 9.17) is 4.98 Å². The Bertz CT molecular complexity index is 561. The summed E-state index contributed by atoms with van der Waals surface area (Å²) >= 11 is 3.60. The summed E-state index contributed by atoms with van der Waals surface area (Å²) in [5, 5.41) is 4.64. The van der Waals surface area contributed by atoms with Crippen LogP contribution < -0.4 is 5.32 Å². The highest BCUT2D eigenvalue weighted by molar-refractivity contribution is 9.10. The van der Waals surface area contributed by atoms with Crippen LogP contribution in [0.4, 0.5) is 5.69 Å². The van der Waals surface area contributed by atoms with Gasteiger partial charge in [0.05, 0.1) is 5.52 Å². The van der Waals surface area contributed by atoms with Crippen LogP contribution in [0.2, 0.25) is 0 Å². The third kappa shape index (κ3) is 2.04. The molecule has 1 aliphatic carbocycles. The van der Waals surface area contributed by atoms with Crippen LogP contribution in [0, 0.1) is 0 Å². The van der Waals surface area contributed by atoms with Gasteiger partial charge in [-0.3, -0.25) is 4.98 Å². The van der Waals surface area contributed by atoms with Gasteiger partial charge in [-0.15, -0.1) is 0 Å². The largest absolute Gasteiger partial charge is 0.385 e. The third-order valence-electron chi connectivity index (χ3n) is 3.17. The molecular weight excluding hydrogens is 276 g/mol. The van der Waals surface area contributed by atoms with Crippen LogP contribution in [-0.4, -0.2) is 11.5 Å². The Hall–Kier alpha value is -1.09. The molecule has 0 bridgehead atoms. The molecular formula is C14H15BrN2. The first kappa shape index (κ1) is 11.0. The molecule has 2 nitrogen and oxygen atoms in total. The van der Waals surface area contributed by atoms with E-state index in [0.717, 1.165) is 16.5 Å². The topological polar surface area (TPSA) is 24.9 Å². The van der Waals surface area contributed by atoms with Crippen molar-refractivity contribution in [3.05, 3.63) is 34.4 Å². The molecule has 1 heterocycles. The van der Waals surface area contributed by atoms with Crippen LogP contribution in [0.1, 0.15) is 31.4 Å². The molecule has 0 atom stereocenters. The number of benzene rings is 1. The van der Waals surface area contributed by atoms with Gasteiger partial charge in [0.1, 0.15) is 0 Å². The van der Waals surface area contributed by atoms with Crippen LogP contribution in [0.15, 0.2) is 28.7 Å². The number of aromatic nitrogens is 1. The summed E-state index contributed by atoms with van der Waals surface area (Å²) in [6.45, 7) is 3.07. The Morgan fingerprint density at radius 3 is 2.94 bits per heavy atom. The van der Waals surface area contributed by atoms with Crippen LogP contribution in [0.5, 0.6) is 0 Å². The molecule has 1 aromatic heterocycles. The number of halogens is 1. The molecule has 0 amide bonds. The normalized spacial score (nSPS) is 15.2. The minimum atomic E-state index is 0.684. The third-order valence-corrected chi connectivity index (χ3v) is 3.81. The van der Waals surface area contributed by atoms with E-state index in [1.54, 1.807) is 0 Å². The second kappa shape index (κ2) is 4.30. The minimum Gasteiger partial charge on any atom is -0.385 e. The molecule has 17 heavy (non-hydrogen) atoms. The number of rotatable bonds is 3. The smallest absolute Gasteiger partial charge is 0.0868 e. The SMILES string of the molecule is CCNc1cc(C2CC2)nc2c(Br)cccc12. The van der Waals surface area contributed by atoms with Gasteiger partial charge in [-0.2, -0.15) is 0 Å². The van der Waals surface area contributed by atoms with Gasteiger partial charge < -0.3 is 5.32 Å².